The van der Waals surface area contributed by atoms with E-state index in [4.69, 9.17) is 21.6 Å². The van der Waals surface area contributed by atoms with Gasteiger partial charge in [-0.25, -0.2) is 0 Å². The van der Waals surface area contributed by atoms with Gasteiger partial charge in [-0.3, -0.25) is 5.41 Å². The Labute approximate surface area is 82.7 Å². The Morgan fingerprint density at radius 3 is 2.64 bits per heavy atom. The number of benzene rings is 1. The summed E-state index contributed by atoms with van der Waals surface area (Å²) >= 11 is 0. The van der Waals surface area contributed by atoms with Gasteiger partial charge in [-0.2, -0.15) is 0 Å². The molecular formula is C10H13N3O. The van der Waals surface area contributed by atoms with Gasteiger partial charge < -0.3 is 16.2 Å². The second-order valence-electron chi connectivity index (χ2n) is 2.82. The van der Waals surface area contributed by atoms with Crippen LogP contribution in [0.4, 0.5) is 5.69 Å². The number of ether oxygens (including phenoxy) is 1. The Kier molecular flexibility index (Phi) is 2.76. The number of para-hydroxylation sites is 1. The molecule has 0 saturated carbocycles. The standard InChI is InChI=1S/C10H13N3O/c1-6(11)9(12)7-4-3-5-8(14-2)10(7)13/h3-5,12H,1,11,13H2,2H3. The number of hydrogen-bond donors (Lipinski definition) is 3. The van der Waals surface area contributed by atoms with Crippen LogP contribution >= 0.6 is 0 Å². The zero-order valence-electron chi connectivity index (χ0n) is 8.00. The van der Waals surface area contributed by atoms with Gasteiger partial charge in [-0.1, -0.05) is 18.7 Å². The summed E-state index contributed by atoms with van der Waals surface area (Å²) in [7, 11) is 1.52. The molecule has 0 aliphatic carbocycles. The molecule has 0 unspecified atom stereocenters. The van der Waals surface area contributed by atoms with Crippen molar-refractivity contribution in [2.24, 2.45) is 5.73 Å². The van der Waals surface area contributed by atoms with Gasteiger partial charge in [-0.15, -0.1) is 0 Å². The molecule has 1 aromatic rings. The van der Waals surface area contributed by atoms with Crippen LogP contribution in [0.15, 0.2) is 30.5 Å². The largest absolute Gasteiger partial charge is 0.495 e. The molecular weight excluding hydrogens is 178 g/mol. The van der Waals surface area contributed by atoms with Gasteiger partial charge in [0.2, 0.25) is 0 Å². The van der Waals surface area contributed by atoms with Crippen LogP contribution in [0.5, 0.6) is 5.75 Å². The molecule has 1 rings (SSSR count). The van der Waals surface area contributed by atoms with E-state index < -0.39 is 0 Å². The lowest BCUT2D eigenvalue weighted by Gasteiger charge is -2.10. The maximum atomic E-state index is 7.64. The Bertz CT molecular complexity index is 385. The van der Waals surface area contributed by atoms with Crippen LogP contribution in [0, 0.1) is 5.41 Å². The van der Waals surface area contributed by atoms with E-state index in [0.29, 0.717) is 17.0 Å². The molecule has 0 saturated heterocycles. The fourth-order valence-corrected chi connectivity index (χ4v) is 1.11. The van der Waals surface area contributed by atoms with Gasteiger partial charge in [0.05, 0.1) is 24.2 Å². The van der Waals surface area contributed by atoms with Crippen LogP contribution in [0.25, 0.3) is 0 Å². The number of anilines is 1. The minimum absolute atomic E-state index is 0.126. The quantitative estimate of drug-likeness (QED) is 0.494. The van der Waals surface area contributed by atoms with Crippen molar-refractivity contribution in [1.82, 2.24) is 0 Å². The van der Waals surface area contributed by atoms with Crippen molar-refractivity contribution in [3.8, 4) is 5.75 Å². The van der Waals surface area contributed by atoms with Crippen LogP contribution in [0.2, 0.25) is 0 Å². The fraction of sp³-hybridized carbons (Fsp3) is 0.100. The molecule has 0 aromatic heterocycles. The summed E-state index contributed by atoms with van der Waals surface area (Å²) in [4.78, 5) is 0. The first kappa shape index (κ1) is 10.1. The summed E-state index contributed by atoms with van der Waals surface area (Å²) in [6.45, 7) is 3.48. The number of nitrogens with one attached hydrogen (secondary N) is 1. The lowest BCUT2D eigenvalue weighted by atomic mass is 10.1. The highest BCUT2D eigenvalue weighted by Gasteiger charge is 2.10. The van der Waals surface area contributed by atoms with E-state index in [-0.39, 0.29) is 11.4 Å². The zero-order valence-corrected chi connectivity index (χ0v) is 8.00. The molecule has 0 amide bonds. The van der Waals surface area contributed by atoms with Gasteiger partial charge in [0.25, 0.3) is 0 Å². The lowest BCUT2D eigenvalue weighted by molar-refractivity contribution is 0.417. The molecule has 1 aromatic carbocycles. The molecule has 0 spiro atoms. The number of methoxy groups -OCH3 is 1. The molecule has 0 aliphatic rings. The first-order chi connectivity index (χ1) is 6.57. The second-order valence-corrected chi connectivity index (χ2v) is 2.82. The van der Waals surface area contributed by atoms with E-state index in [1.54, 1.807) is 18.2 Å². The van der Waals surface area contributed by atoms with Crippen molar-refractivity contribution in [3.63, 3.8) is 0 Å². The van der Waals surface area contributed by atoms with Gasteiger partial charge in [0.15, 0.2) is 0 Å². The smallest absolute Gasteiger partial charge is 0.142 e. The lowest BCUT2D eigenvalue weighted by Crippen LogP contribution is -2.12. The third kappa shape index (κ3) is 1.69. The highest BCUT2D eigenvalue weighted by Crippen LogP contribution is 2.25. The molecule has 0 fully saturated rings. The van der Waals surface area contributed by atoms with Gasteiger partial charge >= 0.3 is 0 Å². The number of allylic oxidation sites excluding steroid dienone is 1. The van der Waals surface area contributed by atoms with E-state index >= 15 is 0 Å². The maximum absolute atomic E-state index is 7.64. The third-order valence-corrected chi connectivity index (χ3v) is 1.88. The molecule has 14 heavy (non-hydrogen) atoms. The summed E-state index contributed by atoms with van der Waals surface area (Å²) in [6, 6.07) is 5.19. The first-order valence-electron chi connectivity index (χ1n) is 4.04. The van der Waals surface area contributed by atoms with Gasteiger partial charge in [-0.05, 0) is 6.07 Å². The summed E-state index contributed by atoms with van der Waals surface area (Å²) in [5, 5.41) is 7.64. The van der Waals surface area contributed by atoms with Crippen LogP contribution in [-0.4, -0.2) is 12.8 Å². The average molecular weight is 191 g/mol. The van der Waals surface area contributed by atoms with Crippen LogP contribution in [0.3, 0.4) is 0 Å². The summed E-state index contributed by atoms with van der Waals surface area (Å²) < 4.78 is 5.02. The molecule has 4 nitrogen and oxygen atoms in total. The monoisotopic (exact) mass is 191 g/mol. The van der Waals surface area contributed by atoms with Crippen molar-refractivity contribution in [2.75, 3.05) is 12.8 Å². The predicted octanol–water partition coefficient (Wildman–Crippen LogP) is 1.12. The fourth-order valence-electron chi connectivity index (χ4n) is 1.11. The zero-order chi connectivity index (χ0) is 10.7. The van der Waals surface area contributed by atoms with Crippen molar-refractivity contribution >= 4 is 11.4 Å². The van der Waals surface area contributed by atoms with E-state index in [9.17, 15) is 0 Å². The van der Waals surface area contributed by atoms with Crippen LogP contribution in [0.1, 0.15) is 5.56 Å². The van der Waals surface area contributed by atoms with E-state index in [2.05, 4.69) is 6.58 Å². The molecule has 0 heterocycles. The predicted molar refractivity (Wildman–Crippen MR) is 57.6 cm³/mol. The number of rotatable bonds is 3. The molecule has 74 valence electrons. The highest BCUT2D eigenvalue weighted by atomic mass is 16.5. The molecule has 4 heteroatoms. The van der Waals surface area contributed by atoms with Crippen molar-refractivity contribution in [1.29, 1.82) is 5.41 Å². The second kappa shape index (κ2) is 3.83. The third-order valence-electron chi connectivity index (χ3n) is 1.88. The van der Waals surface area contributed by atoms with E-state index in [1.165, 1.54) is 7.11 Å². The van der Waals surface area contributed by atoms with Crippen molar-refractivity contribution in [2.45, 2.75) is 0 Å². The highest BCUT2D eigenvalue weighted by molar-refractivity contribution is 6.13. The summed E-state index contributed by atoms with van der Waals surface area (Å²) in [5.41, 5.74) is 12.4. The molecule has 5 N–H and O–H groups in total. The van der Waals surface area contributed by atoms with Crippen LogP contribution in [-0.2, 0) is 0 Å². The van der Waals surface area contributed by atoms with E-state index in [0.717, 1.165) is 0 Å². The number of nitrogen functional groups attached to an aromatic ring is 1. The molecule has 0 bridgehead atoms. The Hall–Kier alpha value is -1.97. The van der Waals surface area contributed by atoms with Gasteiger partial charge in [0.1, 0.15) is 5.75 Å². The van der Waals surface area contributed by atoms with Crippen LogP contribution < -0.4 is 16.2 Å². The maximum Gasteiger partial charge on any atom is 0.142 e. The normalized spacial score (nSPS) is 9.50. The minimum Gasteiger partial charge on any atom is -0.495 e. The molecule has 0 atom stereocenters. The average Bonchev–Trinajstić information content (AvgIpc) is 2.17. The topological polar surface area (TPSA) is 85.1 Å². The van der Waals surface area contributed by atoms with E-state index in [1.807, 2.05) is 0 Å². The van der Waals surface area contributed by atoms with Crippen molar-refractivity contribution in [3.05, 3.63) is 36.0 Å². The van der Waals surface area contributed by atoms with Crippen molar-refractivity contribution < 1.29 is 4.74 Å². The number of hydrogen-bond acceptors (Lipinski definition) is 4. The van der Waals surface area contributed by atoms with Gasteiger partial charge in [0, 0.05) is 5.56 Å². The SMILES string of the molecule is C=C(N)C(=N)c1cccc(OC)c1N. The first-order valence-corrected chi connectivity index (χ1v) is 4.04. The molecule has 0 aliphatic heterocycles. The minimum atomic E-state index is 0.126. The number of nitrogens with two attached hydrogens (primary N) is 2. The summed E-state index contributed by atoms with van der Waals surface area (Å²) in [6.07, 6.45) is 0. The summed E-state index contributed by atoms with van der Waals surface area (Å²) in [5.74, 6) is 0.536. The Morgan fingerprint density at radius 1 is 1.50 bits per heavy atom. The molecule has 0 radical (unpaired) electrons. The Balaban J connectivity index is 3.22. The Morgan fingerprint density at radius 2 is 2.14 bits per heavy atom.